The second-order valence-electron chi connectivity index (χ2n) is 7.87. The number of aryl methyl sites for hydroxylation is 1. The molecule has 0 spiro atoms. The van der Waals surface area contributed by atoms with Gasteiger partial charge >= 0.3 is 0 Å². The van der Waals surface area contributed by atoms with Gasteiger partial charge in [0.25, 0.3) is 0 Å². The SMILES string of the molecule is Cc1ccc2c(c1)C(CC(C)C)(CC(C)C)c1ccccc1-2. The summed E-state index contributed by atoms with van der Waals surface area (Å²) in [6.45, 7) is 11.7. The summed E-state index contributed by atoms with van der Waals surface area (Å²) in [5.41, 5.74) is 7.61. The van der Waals surface area contributed by atoms with Gasteiger partial charge in [-0.05, 0) is 53.9 Å². The van der Waals surface area contributed by atoms with Crippen molar-refractivity contribution >= 4 is 0 Å². The average molecular weight is 292 g/mol. The maximum absolute atomic E-state index is 2.44. The first kappa shape index (κ1) is 15.3. The Balaban J connectivity index is 2.29. The molecule has 1 aliphatic carbocycles. The van der Waals surface area contributed by atoms with Crippen molar-refractivity contribution in [2.45, 2.75) is 52.9 Å². The second-order valence-corrected chi connectivity index (χ2v) is 7.87. The maximum atomic E-state index is 2.44. The van der Waals surface area contributed by atoms with Crippen LogP contribution in [0.4, 0.5) is 0 Å². The monoisotopic (exact) mass is 292 g/mol. The Bertz CT molecular complexity index is 666. The molecule has 116 valence electrons. The molecule has 0 heterocycles. The van der Waals surface area contributed by atoms with Crippen LogP contribution in [0.3, 0.4) is 0 Å². The van der Waals surface area contributed by atoms with Crippen LogP contribution in [0.15, 0.2) is 42.5 Å². The van der Waals surface area contributed by atoms with Gasteiger partial charge in [0.2, 0.25) is 0 Å². The third kappa shape index (κ3) is 2.39. The first-order chi connectivity index (χ1) is 10.4. The molecule has 0 fully saturated rings. The van der Waals surface area contributed by atoms with E-state index in [0.29, 0.717) is 11.8 Å². The Kier molecular flexibility index (Phi) is 3.89. The topological polar surface area (TPSA) is 0 Å². The first-order valence-corrected chi connectivity index (χ1v) is 8.65. The molecule has 0 radical (unpaired) electrons. The summed E-state index contributed by atoms with van der Waals surface area (Å²) < 4.78 is 0. The molecule has 0 aliphatic heterocycles. The minimum absolute atomic E-state index is 0.195. The molecular formula is C22H28. The predicted octanol–water partition coefficient (Wildman–Crippen LogP) is 6.35. The Hall–Kier alpha value is -1.56. The van der Waals surface area contributed by atoms with Crippen LogP contribution >= 0.6 is 0 Å². The fourth-order valence-electron chi connectivity index (χ4n) is 4.49. The van der Waals surface area contributed by atoms with Gasteiger partial charge in [0, 0.05) is 5.41 Å². The number of rotatable bonds is 4. The zero-order chi connectivity index (χ0) is 15.9. The predicted molar refractivity (Wildman–Crippen MR) is 96.3 cm³/mol. The summed E-state index contributed by atoms with van der Waals surface area (Å²) in [6, 6.07) is 16.1. The number of hydrogen-bond donors (Lipinski definition) is 0. The van der Waals surface area contributed by atoms with Crippen molar-refractivity contribution in [2.24, 2.45) is 11.8 Å². The number of benzene rings is 2. The molecule has 0 saturated heterocycles. The lowest BCUT2D eigenvalue weighted by molar-refractivity contribution is 0.337. The molecule has 2 aromatic rings. The highest BCUT2D eigenvalue weighted by molar-refractivity contribution is 5.81. The van der Waals surface area contributed by atoms with Gasteiger partial charge in [-0.25, -0.2) is 0 Å². The van der Waals surface area contributed by atoms with E-state index in [1.807, 2.05) is 0 Å². The molecule has 0 heteroatoms. The average Bonchev–Trinajstić information content (AvgIpc) is 2.68. The van der Waals surface area contributed by atoms with Crippen molar-refractivity contribution in [1.82, 2.24) is 0 Å². The smallest absolute Gasteiger partial charge is 0.0220 e. The van der Waals surface area contributed by atoms with Gasteiger partial charge in [-0.2, -0.15) is 0 Å². The van der Waals surface area contributed by atoms with Crippen LogP contribution in [0.5, 0.6) is 0 Å². The molecule has 0 amide bonds. The molecule has 3 rings (SSSR count). The van der Waals surface area contributed by atoms with Crippen molar-refractivity contribution in [2.75, 3.05) is 0 Å². The van der Waals surface area contributed by atoms with Crippen molar-refractivity contribution in [3.8, 4) is 11.1 Å². The third-order valence-corrected chi connectivity index (χ3v) is 4.94. The van der Waals surface area contributed by atoms with Crippen molar-refractivity contribution in [3.63, 3.8) is 0 Å². The lowest BCUT2D eigenvalue weighted by atomic mass is 9.68. The Morgan fingerprint density at radius 3 is 2.00 bits per heavy atom. The second kappa shape index (κ2) is 5.57. The minimum Gasteiger partial charge on any atom is -0.0627 e. The molecule has 1 aliphatic rings. The van der Waals surface area contributed by atoms with E-state index >= 15 is 0 Å². The highest BCUT2D eigenvalue weighted by atomic mass is 14.5. The van der Waals surface area contributed by atoms with Gasteiger partial charge in [0.1, 0.15) is 0 Å². The third-order valence-electron chi connectivity index (χ3n) is 4.94. The molecule has 22 heavy (non-hydrogen) atoms. The molecule has 0 atom stereocenters. The van der Waals surface area contributed by atoms with Crippen LogP contribution < -0.4 is 0 Å². The van der Waals surface area contributed by atoms with Crippen molar-refractivity contribution in [1.29, 1.82) is 0 Å². The maximum Gasteiger partial charge on any atom is 0.0220 e. The quantitative estimate of drug-likeness (QED) is 0.615. The standard InChI is InChI=1S/C22H28/c1-15(2)13-22(14-16(3)4)20-9-7-6-8-18(20)19-11-10-17(5)12-21(19)22/h6-12,15-16H,13-14H2,1-5H3. The van der Waals surface area contributed by atoms with E-state index in [1.165, 1.54) is 29.5 Å². The van der Waals surface area contributed by atoms with E-state index < -0.39 is 0 Å². The summed E-state index contributed by atoms with van der Waals surface area (Å²) in [6.07, 6.45) is 2.47. The summed E-state index contributed by atoms with van der Waals surface area (Å²) in [5, 5.41) is 0. The minimum atomic E-state index is 0.195. The molecule has 0 nitrogen and oxygen atoms in total. The van der Waals surface area contributed by atoms with E-state index in [2.05, 4.69) is 77.1 Å². The summed E-state index contributed by atoms with van der Waals surface area (Å²) in [5.74, 6) is 1.39. The highest BCUT2D eigenvalue weighted by Crippen LogP contribution is 2.54. The Labute approximate surface area is 135 Å². The van der Waals surface area contributed by atoms with E-state index in [1.54, 1.807) is 11.1 Å². The largest absolute Gasteiger partial charge is 0.0627 e. The van der Waals surface area contributed by atoms with Crippen molar-refractivity contribution in [3.05, 3.63) is 59.2 Å². The molecule has 0 unspecified atom stereocenters. The molecule has 0 saturated carbocycles. The van der Waals surface area contributed by atoms with Crippen LogP contribution in [-0.4, -0.2) is 0 Å². The molecular weight excluding hydrogens is 264 g/mol. The molecule has 0 N–H and O–H groups in total. The van der Waals surface area contributed by atoms with Crippen LogP contribution in [0, 0.1) is 18.8 Å². The van der Waals surface area contributed by atoms with Gasteiger partial charge in [-0.1, -0.05) is 75.7 Å². The summed E-state index contributed by atoms with van der Waals surface area (Å²) in [4.78, 5) is 0. The van der Waals surface area contributed by atoms with Gasteiger partial charge in [0.05, 0.1) is 0 Å². The highest BCUT2D eigenvalue weighted by Gasteiger charge is 2.43. The van der Waals surface area contributed by atoms with E-state index in [0.717, 1.165) is 0 Å². The fourth-order valence-corrected chi connectivity index (χ4v) is 4.49. The van der Waals surface area contributed by atoms with Crippen LogP contribution in [-0.2, 0) is 5.41 Å². The normalized spacial score (nSPS) is 15.2. The van der Waals surface area contributed by atoms with Crippen molar-refractivity contribution < 1.29 is 0 Å². The molecule has 0 aromatic heterocycles. The van der Waals surface area contributed by atoms with Gasteiger partial charge in [-0.15, -0.1) is 0 Å². The van der Waals surface area contributed by atoms with Crippen LogP contribution in [0.1, 0.15) is 57.2 Å². The van der Waals surface area contributed by atoms with E-state index in [4.69, 9.17) is 0 Å². The number of hydrogen-bond acceptors (Lipinski definition) is 0. The zero-order valence-electron chi connectivity index (χ0n) is 14.6. The lowest BCUT2D eigenvalue weighted by Gasteiger charge is -2.35. The first-order valence-electron chi connectivity index (χ1n) is 8.65. The Morgan fingerprint density at radius 1 is 0.773 bits per heavy atom. The van der Waals surface area contributed by atoms with E-state index in [-0.39, 0.29) is 5.41 Å². The van der Waals surface area contributed by atoms with Gasteiger partial charge in [0.15, 0.2) is 0 Å². The van der Waals surface area contributed by atoms with Gasteiger partial charge < -0.3 is 0 Å². The van der Waals surface area contributed by atoms with Gasteiger partial charge in [-0.3, -0.25) is 0 Å². The van der Waals surface area contributed by atoms with E-state index in [9.17, 15) is 0 Å². The number of fused-ring (bicyclic) bond motifs is 3. The Morgan fingerprint density at radius 2 is 1.36 bits per heavy atom. The molecule has 2 aromatic carbocycles. The summed E-state index contributed by atoms with van der Waals surface area (Å²) in [7, 11) is 0. The van der Waals surface area contributed by atoms with Crippen LogP contribution in [0.25, 0.3) is 11.1 Å². The zero-order valence-corrected chi connectivity index (χ0v) is 14.6. The lowest BCUT2D eigenvalue weighted by Crippen LogP contribution is -2.29. The van der Waals surface area contributed by atoms with Crippen LogP contribution in [0.2, 0.25) is 0 Å². The summed E-state index contributed by atoms with van der Waals surface area (Å²) >= 11 is 0. The fraction of sp³-hybridized carbons (Fsp3) is 0.455. The molecule has 0 bridgehead atoms.